The van der Waals surface area contributed by atoms with E-state index in [1.54, 1.807) is 20.8 Å². The van der Waals surface area contributed by atoms with Crippen LogP contribution in [0.2, 0.25) is 0 Å². The van der Waals surface area contributed by atoms with E-state index in [1.807, 2.05) is 0 Å². The zero-order valence-electron chi connectivity index (χ0n) is 9.66. The Kier molecular flexibility index (Phi) is 5.28. The van der Waals surface area contributed by atoms with Crippen LogP contribution in [0.5, 0.6) is 0 Å². The molecule has 88 valence electrons. The van der Waals surface area contributed by atoms with Gasteiger partial charge in [0.25, 0.3) is 0 Å². The molecule has 0 radical (unpaired) electrons. The summed E-state index contributed by atoms with van der Waals surface area (Å²) in [5.74, 6) is -0.305. The number of alkyl carbamates (subject to hydrolysis) is 1. The van der Waals surface area contributed by atoms with Crippen LogP contribution >= 0.6 is 0 Å². The van der Waals surface area contributed by atoms with E-state index in [0.29, 0.717) is 0 Å². The van der Waals surface area contributed by atoms with Gasteiger partial charge in [-0.3, -0.25) is 4.79 Å². The maximum absolute atomic E-state index is 11.1. The van der Waals surface area contributed by atoms with E-state index in [9.17, 15) is 9.59 Å². The van der Waals surface area contributed by atoms with Crippen molar-refractivity contribution in [2.45, 2.75) is 45.8 Å². The number of nitrogens with one attached hydrogen (secondary N) is 1. The summed E-state index contributed by atoms with van der Waals surface area (Å²) in [4.78, 5) is 21.8. The molecule has 5 nitrogen and oxygen atoms in total. The Morgan fingerprint density at radius 2 is 1.93 bits per heavy atom. The lowest BCUT2D eigenvalue weighted by atomic mass is 10.2. The number of ether oxygens (including phenoxy) is 1. The third kappa shape index (κ3) is 7.93. The lowest BCUT2D eigenvalue weighted by Gasteiger charge is -2.19. The van der Waals surface area contributed by atoms with E-state index in [4.69, 9.17) is 9.84 Å². The summed E-state index contributed by atoms with van der Waals surface area (Å²) in [6, 6.07) is 0. The molecule has 0 aromatic rings. The van der Waals surface area contributed by atoms with E-state index in [-0.39, 0.29) is 18.7 Å². The quantitative estimate of drug-likeness (QED) is 0.732. The zero-order chi connectivity index (χ0) is 12.1. The zero-order valence-corrected chi connectivity index (χ0v) is 9.66. The molecule has 0 unspecified atom stereocenters. The molecule has 0 aromatic carbocycles. The number of carbonyl (C=O) groups is 2. The van der Waals surface area contributed by atoms with Crippen molar-refractivity contribution in [2.24, 2.45) is 0 Å². The lowest BCUT2D eigenvalue weighted by Crippen LogP contribution is -2.34. The molecular formula is C10H19NO4. The molecule has 0 aliphatic rings. The minimum Gasteiger partial charge on any atom is -0.444 e. The first-order valence-electron chi connectivity index (χ1n) is 4.88. The normalized spacial score (nSPS) is 13.1. The van der Waals surface area contributed by atoms with Gasteiger partial charge in [0, 0.05) is 6.54 Å². The van der Waals surface area contributed by atoms with Gasteiger partial charge in [0.05, 0.1) is 0 Å². The van der Waals surface area contributed by atoms with Crippen LogP contribution in [0.3, 0.4) is 0 Å². The highest BCUT2D eigenvalue weighted by Gasteiger charge is 2.16. The van der Waals surface area contributed by atoms with Gasteiger partial charge in [0.15, 0.2) is 5.78 Å². The molecule has 5 heteroatoms. The number of rotatable bonds is 4. The number of carbonyl (C=O) groups excluding carboxylic acids is 2. The van der Waals surface area contributed by atoms with Crippen LogP contribution in [-0.2, 0) is 9.53 Å². The van der Waals surface area contributed by atoms with Crippen LogP contribution in [0, 0.1) is 0 Å². The Bertz CT molecular complexity index is 232. The number of amides is 1. The minimum absolute atomic E-state index is 0.203. The summed E-state index contributed by atoms with van der Waals surface area (Å²) in [6.45, 7) is 6.80. The fourth-order valence-corrected chi connectivity index (χ4v) is 0.828. The van der Waals surface area contributed by atoms with Crippen LogP contribution in [-0.4, -0.2) is 35.2 Å². The van der Waals surface area contributed by atoms with E-state index in [1.165, 1.54) is 6.92 Å². The summed E-state index contributed by atoms with van der Waals surface area (Å²) in [7, 11) is 0. The second kappa shape index (κ2) is 5.70. The topological polar surface area (TPSA) is 75.6 Å². The van der Waals surface area contributed by atoms with Gasteiger partial charge in [0.1, 0.15) is 11.7 Å². The molecule has 0 rings (SSSR count). The smallest absolute Gasteiger partial charge is 0.407 e. The molecule has 0 spiro atoms. The summed E-state index contributed by atoms with van der Waals surface area (Å²) in [5, 5.41) is 11.6. The predicted molar refractivity (Wildman–Crippen MR) is 55.5 cm³/mol. The van der Waals surface area contributed by atoms with Gasteiger partial charge in [-0.25, -0.2) is 4.79 Å². The summed E-state index contributed by atoms with van der Waals surface area (Å²) >= 11 is 0. The number of Topliss-reactive ketones (excluding diaryl/α,β-unsaturated/α-hetero) is 1. The van der Waals surface area contributed by atoms with Gasteiger partial charge in [-0.15, -0.1) is 0 Å². The number of hydrogen-bond acceptors (Lipinski definition) is 4. The molecule has 15 heavy (non-hydrogen) atoms. The van der Waals surface area contributed by atoms with Gasteiger partial charge in [-0.05, 0) is 34.1 Å². The van der Waals surface area contributed by atoms with E-state index in [2.05, 4.69) is 5.32 Å². The Balaban J connectivity index is 3.69. The van der Waals surface area contributed by atoms with Crippen LogP contribution in [0.1, 0.15) is 34.1 Å². The van der Waals surface area contributed by atoms with Crippen molar-refractivity contribution in [1.82, 2.24) is 5.32 Å². The lowest BCUT2D eigenvalue weighted by molar-refractivity contribution is -0.125. The van der Waals surface area contributed by atoms with Crippen molar-refractivity contribution in [1.29, 1.82) is 0 Å². The van der Waals surface area contributed by atoms with Gasteiger partial charge in [0.2, 0.25) is 0 Å². The molecule has 0 saturated carbocycles. The number of ketones is 1. The Morgan fingerprint density at radius 3 is 2.33 bits per heavy atom. The molecule has 0 bridgehead atoms. The molecule has 0 aliphatic carbocycles. The SMILES string of the molecule is CC(=O)[C@@H](O)CCNC(=O)OC(C)(C)C. The molecule has 0 saturated heterocycles. The molecular weight excluding hydrogens is 198 g/mol. The molecule has 0 aliphatic heterocycles. The highest BCUT2D eigenvalue weighted by atomic mass is 16.6. The molecule has 0 heterocycles. The molecule has 0 aromatic heterocycles. The molecule has 0 fully saturated rings. The number of aliphatic hydroxyl groups is 1. The standard InChI is InChI=1S/C10H19NO4/c1-7(12)8(13)5-6-11-9(14)15-10(2,3)4/h8,13H,5-6H2,1-4H3,(H,11,14)/t8-/m0/s1. The second-order valence-electron chi connectivity index (χ2n) is 4.34. The van der Waals surface area contributed by atoms with Crippen molar-refractivity contribution in [3.05, 3.63) is 0 Å². The van der Waals surface area contributed by atoms with Gasteiger partial charge < -0.3 is 15.2 Å². The number of hydrogen-bond donors (Lipinski definition) is 2. The molecule has 1 atom stereocenters. The average molecular weight is 217 g/mol. The van der Waals surface area contributed by atoms with Gasteiger partial charge in [-0.1, -0.05) is 0 Å². The van der Waals surface area contributed by atoms with E-state index >= 15 is 0 Å². The van der Waals surface area contributed by atoms with Crippen molar-refractivity contribution >= 4 is 11.9 Å². The highest BCUT2D eigenvalue weighted by Crippen LogP contribution is 2.06. The van der Waals surface area contributed by atoms with Crippen molar-refractivity contribution in [3.63, 3.8) is 0 Å². The molecule has 2 N–H and O–H groups in total. The van der Waals surface area contributed by atoms with Crippen LogP contribution in [0.15, 0.2) is 0 Å². The second-order valence-corrected chi connectivity index (χ2v) is 4.34. The highest BCUT2D eigenvalue weighted by molar-refractivity contribution is 5.80. The van der Waals surface area contributed by atoms with E-state index < -0.39 is 17.8 Å². The minimum atomic E-state index is -1.01. The third-order valence-electron chi connectivity index (χ3n) is 1.56. The maximum atomic E-state index is 11.1. The number of aliphatic hydroxyl groups excluding tert-OH is 1. The Morgan fingerprint density at radius 1 is 1.40 bits per heavy atom. The van der Waals surface area contributed by atoms with Crippen molar-refractivity contribution in [2.75, 3.05) is 6.54 Å². The average Bonchev–Trinajstić information content (AvgIpc) is 2.00. The fourth-order valence-electron chi connectivity index (χ4n) is 0.828. The summed E-state index contributed by atoms with van der Waals surface area (Å²) in [6.07, 6.45) is -1.35. The first-order chi connectivity index (χ1) is 6.72. The van der Waals surface area contributed by atoms with Crippen LogP contribution < -0.4 is 5.32 Å². The predicted octanol–water partition coefficient (Wildman–Crippen LogP) is 0.851. The van der Waals surface area contributed by atoms with Crippen molar-refractivity contribution < 1.29 is 19.4 Å². The molecule has 1 amide bonds. The fraction of sp³-hybridized carbons (Fsp3) is 0.800. The van der Waals surface area contributed by atoms with Gasteiger partial charge >= 0.3 is 6.09 Å². The van der Waals surface area contributed by atoms with Gasteiger partial charge in [-0.2, -0.15) is 0 Å². The Hall–Kier alpha value is -1.10. The Labute approximate surface area is 89.8 Å². The summed E-state index contributed by atoms with van der Waals surface area (Å²) in [5.41, 5.74) is -0.538. The first kappa shape index (κ1) is 13.9. The van der Waals surface area contributed by atoms with Crippen LogP contribution in [0.25, 0.3) is 0 Å². The monoisotopic (exact) mass is 217 g/mol. The van der Waals surface area contributed by atoms with Crippen LogP contribution in [0.4, 0.5) is 4.79 Å². The van der Waals surface area contributed by atoms with Crippen molar-refractivity contribution in [3.8, 4) is 0 Å². The van der Waals surface area contributed by atoms with E-state index in [0.717, 1.165) is 0 Å². The maximum Gasteiger partial charge on any atom is 0.407 e. The first-order valence-corrected chi connectivity index (χ1v) is 4.88. The third-order valence-corrected chi connectivity index (χ3v) is 1.56. The summed E-state index contributed by atoms with van der Waals surface area (Å²) < 4.78 is 4.96. The largest absolute Gasteiger partial charge is 0.444 e.